The fourth-order valence-electron chi connectivity index (χ4n) is 1.46. The minimum atomic E-state index is 0.325. The third-order valence-electron chi connectivity index (χ3n) is 2.30. The highest BCUT2D eigenvalue weighted by Gasteiger charge is 2.09. The number of nitrogens with zero attached hydrogens (tertiary/aromatic N) is 1. The number of nitrogens with two attached hydrogens (primary N) is 1. The number of anilines is 1. The van der Waals surface area contributed by atoms with E-state index in [0.717, 1.165) is 26.7 Å². The Kier molecular flexibility index (Phi) is 2.83. The first-order chi connectivity index (χ1) is 7.58. The van der Waals surface area contributed by atoms with Crippen LogP contribution in [0.5, 0.6) is 0 Å². The van der Waals surface area contributed by atoms with Gasteiger partial charge in [0, 0.05) is 4.47 Å². The predicted octanol–water partition coefficient (Wildman–Crippen LogP) is 3.72. The van der Waals surface area contributed by atoms with Gasteiger partial charge in [-0.1, -0.05) is 33.2 Å². The van der Waals surface area contributed by atoms with Crippen LogP contribution in [-0.2, 0) is 0 Å². The fraction of sp³-hybridized carbons (Fsp3) is 0.0833. The van der Waals surface area contributed by atoms with E-state index in [1.807, 2.05) is 25.1 Å². The summed E-state index contributed by atoms with van der Waals surface area (Å²) < 4.78 is 5.82. The molecule has 0 atom stereocenters. The maximum absolute atomic E-state index is 5.68. The Hall–Kier alpha value is -1.55. The highest BCUT2D eigenvalue weighted by molar-refractivity contribution is 9.10. The van der Waals surface area contributed by atoms with E-state index in [0.29, 0.717) is 5.88 Å². The molecular weight excluding hydrogens is 268 g/mol. The fourth-order valence-corrected chi connectivity index (χ4v) is 1.95. The molecule has 0 aliphatic heterocycles. The van der Waals surface area contributed by atoms with E-state index in [1.54, 1.807) is 6.20 Å². The predicted molar refractivity (Wildman–Crippen MR) is 68.8 cm³/mol. The van der Waals surface area contributed by atoms with Crippen molar-refractivity contribution in [2.24, 2.45) is 0 Å². The number of halogens is 1. The van der Waals surface area contributed by atoms with Gasteiger partial charge in [0.15, 0.2) is 0 Å². The molecule has 0 aliphatic rings. The van der Waals surface area contributed by atoms with Crippen molar-refractivity contribution < 1.29 is 4.52 Å². The van der Waals surface area contributed by atoms with Crippen LogP contribution < -0.4 is 5.73 Å². The van der Waals surface area contributed by atoms with Gasteiger partial charge in [-0.2, -0.15) is 0 Å². The maximum Gasteiger partial charge on any atom is 0.229 e. The number of nitrogen functional groups attached to an aromatic ring is 1. The van der Waals surface area contributed by atoms with Crippen molar-refractivity contribution in [3.8, 4) is 11.1 Å². The quantitative estimate of drug-likeness (QED) is 0.911. The van der Waals surface area contributed by atoms with Gasteiger partial charge < -0.3 is 10.3 Å². The third kappa shape index (κ3) is 2.02. The molecule has 1 aromatic heterocycles. The van der Waals surface area contributed by atoms with Gasteiger partial charge in [-0.3, -0.25) is 0 Å². The van der Waals surface area contributed by atoms with Crippen molar-refractivity contribution in [1.82, 2.24) is 5.16 Å². The van der Waals surface area contributed by atoms with Crippen LogP contribution in [0.25, 0.3) is 16.7 Å². The van der Waals surface area contributed by atoms with Crippen molar-refractivity contribution in [2.45, 2.75) is 6.92 Å². The summed E-state index contributed by atoms with van der Waals surface area (Å²) in [6, 6.07) is 5.99. The van der Waals surface area contributed by atoms with Crippen LogP contribution in [0.15, 0.2) is 40.0 Å². The van der Waals surface area contributed by atoms with Crippen LogP contribution in [0.3, 0.4) is 0 Å². The second kappa shape index (κ2) is 4.14. The zero-order chi connectivity index (χ0) is 11.7. The second-order valence-electron chi connectivity index (χ2n) is 3.61. The van der Waals surface area contributed by atoms with Gasteiger partial charge in [0.05, 0.1) is 11.8 Å². The van der Waals surface area contributed by atoms with Crippen molar-refractivity contribution >= 4 is 27.4 Å². The molecule has 2 rings (SSSR count). The molecule has 0 fully saturated rings. The Morgan fingerprint density at radius 1 is 1.44 bits per heavy atom. The first kappa shape index (κ1) is 11.0. The summed E-state index contributed by atoms with van der Waals surface area (Å²) in [6.07, 6.45) is 1.61. The Morgan fingerprint density at radius 3 is 2.75 bits per heavy atom. The first-order valence-electron chi connectivity index (χ1n) is 4.75. The van der Waals surface area contributed by atoms with Gasteiger partial charge in [0.1, 0.15) is 0 Å². The molecule has 2 N–H and O–H groups in total. The average Bonchev–Trinajstić information content (AvgIpc) is 2.63. The normalized spacial score (nSPS) is 10.4. The van der Waals surface area contributed by atoms with Crippen LogP contribution in [0.4, 0.5) is 5.88 Å². The van der Waals surface area contributed by atoms with Crippen molar-refractivity contribution in [3.63, 3.8) is 0 Å². The number of hydrogen-bond acceptors (Lipinski definition) is 3. The van der Waals surface area contributed by atoms with Crippen LogP contribution in [-0.4, -0.2) is 5.16 Å². The van der Waals surface area contributed by atoms with Crippen LogP contribution >= 0.6 is 15.9 Å². The lowest BCUT2D eigenvalue weighted by Crippen LogP contribution is -1.87. The van der Waals surface area contributed by atoms with Gasteiger partial charge in [0.25, 0.3) is 0 Å². The Labute approximate surface area is 102 Å². The molecule has 3 nitrogen and oxygen atoms in total. The minimum Gasteiger partial charge on any atom is -0.367 e. The smallest absolute Gasteiger partial charge is 0.229 e. The van der Waals surface area contributed by atoms with Crippen molar-refractivity contribution in [3.05, 3.63) is 41.0 Å². The zero-order valence-electron chi connectivity index (χ0n) is 8.83. The van der Waals surface area contributed by atoms with E-state index < -0.39 is 0 Å². The standard InChI is InChI=1S/C12H11BrN2O/c1-7(2)8-3-9(5-10(13)4-8)11-6-15-16-12(11)14/h3-6H,1,14H2,2H3. The number of hydrogen-bond donors (Lipinski definition) is 1. The lowest BCUT2D eigenvalue weighted by molar-refractivity contribution is 0.436. The molecule has 2 aromatic rings. The van der Waals surface area contributed by atoms with Crippen LogP contribution in [0.1, 0.15) is 12.5 Å². The summed E-state index contributed by atoms with van der Waals surface area (Å²) in [5.74, 6) is 0.325. The van der Waals surface area contributed by atoms with E-state index in [2.05, 4.69) is 27.7 Å². The van der Waals surface area contributed by atoms with Gasteiger partial charge >= 0.3 is 0 Å². The van der Waals surface area contributed by atoms with Crippen molar-refractivity contribution in [1.29, 1.82) is 0 Å². The molecule has 0 saturated carbocycles. The van der Waals surface area contributed by atoms with Crippen molar-refractivity contribution in [2.75, 3.05) is 5.73 Å². The number of allylic oxidation sites excluding steroid dienone is 1. The molecule has 0 spiro atoms. The van der Waals surface area contributed by atoms with Gasteiger partial charge in [-0.05, 0) is 36.2 Å². The van der Waals surface area contributed by atoms with Crippen LogP contribution in [0, 0.1) is 0 Å². The molecule has 0 aliphatic carbocycles. The average molecular weight is 279 g/mol. The summed E-state index contributed by atoms with van der Waals surface area (Å²) in [4.78, 5) is 0. The number of rotatable bonds is 2. The van der Waals surface area contributed by atoms with Gasteiger partial charge in [0.2, 0.25) is 5.88 Å². The Bertz CT molecular complexity index is 546. The summed E-state index contributed by atoms with van der Waals surface area (Å²) in [5, 5.41) is 3.66. The lowest BCUT2D eigenvalue weighted by Gasteiger charge is -2.05. The molecular formula is C12H11BrN2O. The molecule has 0 amide bonds. The molecule has 1 heterocycles. The highest BCUT2D eigenvalue weighted by Crippen LogP contribution is 2.30. The van der Waals surface area contributed by atoms with Gasteiger partial charge in [-0.25, -0.2) is 0 Å². The summed E-state index contributed by atoms with van der Waals surface area (Å²) >= 11 is 3.46. The molecule has 1 aromatic carbocycles. The van der Waals surface area contributed by atoms with E-state index in [-0.39, 0.29) is 0 Å². The van der Waals surface area contributed by atoms with Crippen LogP contribution in [0.2, 0.25) is 0 Å². The topological polar surface area (TPSA) is 52.0 Å². The SMILES string of the molecule is C=C(C)c1cc(Br)cc(-c2cnoc2N)c1. The molecule has 82 valence electrons. The van der Waals surface area contributed by atoms with Gasteiger partial charge in [-0.15, -0.1) is 0 Å². The molecule has 0 bridgehead atoms. The lowest BCUT2D eigenvalue weighted by atomic mass is 10.0. The summed E-state index contributed by atoms with van der Waals surface area (Å²) in [6.45, 7) is 5.88. The first-order valence-corrected chi connectivity index (χ1v) is 5.54. The van der Waals surface area contributed by atoms with E-state index in [1.165, 1.54) is 0 Å². The zero-order valence-corrected chi connectivity index (χ0v) is 10.4. The minimum absolute atomic E-state index is 0.325. The third-order valence-corrected chi connectivity index (χ3v) is 2.76. The molecule has 4 heteroatoms. The number of aromatic nitrogens is 1. The summed E-state index contributed by atoms with van der Waals surface area (Å²) in [5.41, 5.74) is 9.50. The second-order valence-corrected chi connectivity index (χ2v) is 4.53. The molecule has 0 unspecified atom stereocenters. The highest BCUT2D eigenvalue weighted by atomic mass is 79.9. The van der Waals surface area contributed by atoms with E-state index >= 15 is 0 Å². The maximum atomic E-state index is 5.68. The van der Waals surface area contributed by atoms with E-state index in [9.17, 15) is 0 Å². The molecule has 0 saturated heterocycles. The summed E-state index contributed by atoms with van der Waals surface area (Å²) in [7, 11) is 0. The number of benzene rings is 1. The molecule has 16 heavy (non-hydrogen) atoms. The Balaban J connectivity index is 2.58. The van der Waals surface area contributed by atoms with E-state index in [4.69, 9.17) is 10.3 Å². The largest absolute Gasteiger partial charge is 0.367 e. The Morgan fingerprint density at radius 2 is 2.19 bits per heavy atom. The molecule has 0 radical (unpaired) electrons. The monoisotopic (exact) mass is 278 g/mol.